The first kappa shape index (κ1) is 17.8. The summed E-state index contributed by atoms with van der Waals surface area (Å²) in [6.07, 6.45) is -0.616. The van der Waals surface area contributed by atoms with E-state index in [-0.39, 0.29) is 18.5 Å². The van der Waals surface area contributed by atoms with E-state index in [0.717, 1.165) is 5.56 Å². The third-order valence-electron chi connectivity index (χ3n) is 3.50. The summed E-state index contributed by atoms with van der Waals surface area (Å²) in [6, 6.07) is 4.95. The highest BCUT2D eigenvalue weighted by molar-refractivity contribution is 6.42. The van der Waals surface area contributed by atoms with Crippen LogP contribution in [0, 0.1) is 0 Å². The molecule has 0 spiro atoms. The minimum Gasteiger partial charge on any atom is -0.365 e. The molecule has 6 nitrogen and oxygen atoms in total. The molecule has 1 N–H and O–H groups in total. The number of hydrogen-bond donors (Lipinski definition) is 1. The van der Waals surface area contributed by atoms with E-state index in [1.165, 1.54) is 4.90 Å². The van der Waals surface area contributed by atoms with Crippen LogP contribution in [0.4, 0.5) is 4.79 Å². The van der Waals surface area contributed by atoms with Crippen LogP contribution in [0.15, 0.2) is 18.2 Å². The molecule has 1 atom stereocenters. The minimum atomic E-state index is -0.616. The maximum atomic E-state index is 12.2. The molecule has 1 unspecified atom stereocenters. The zero-order chi connectivity index (χ0) is 17.0. The molecule has 2 rings (SSSR count). The Morgan fingerprint density at radius 2 is 2.09 bits per heavy atom. The number of benzene rings is 1. The van der Waals surface area contributed by atoms with Gasteiger partial charge in [0.1, 0.15) is 0 Å². The number of halogens is 2. The van der Waals surface area contributed by atoms with Gasteiger partial charge in [-0.2, -0.15) is 0 Å². The number of carbonyl (C=O) groups excluding carboxylic acids is 2. The zero-order valence-electron chi connectivity index (χ0n) is 13.0. The average Bonchev–Trinajstić information content (AvgIpc) is 2.55. The average molecular weight is 360 g/mol. The number of rotatable bonds is 3. The van der Waals surface area contributed by atoms with Crippen molar-refractivity contribution in [3.8, 4) is 0 Å². The summed E-state index contributed by atoms with van der Waals surface area (Å²) >= 11 is 11.8. The second kappa shape index (κ2) is 7.86. The molecule has 0 radical (unpaired) electrons. The van der Waals surface area contributed by atoms with Crippen LogP contribution < -0.4 is 5.32 Å². The lowest BCUT2D eigenvalue weighted by atomic mass is 10.2. The van der Waals surface area contributed by atoms with Crippen LogP contribution in [0.1, 0.15) is 5.56 Å². The van der Waals surface area contributed by atoms with Crippen molar-refractivity contribution in [2.45, 2.75) is 12.6 Å². The molecule has 0 aromatic heterocycles. The number of nitrogens with one attached hydrogen (secondary N) is 1. The summed E-state index contributed by atoms with van der Waals surface area (Å²) in [5.41, 5.74) is 0.849. The first-order valence-electron chi connectivity index (χ1n) is 7.18. The van der Waals surface area contributed by atoms with Gasteiger partial charge in [-0.3, -0.25) is 4.79 Å². The Bertz CT molecular complexity index is 595. The van der Waals surface area contributed by atoms with Crippen LogP contribution in [0.3, 0.4) is 0 Å². The van der Waals surface area contributed by atoms with Crippen molar-refractivity contribution < 1.29 is 14.3 Å². The van der Waals surface area contributed by atoms with Gasteiger partial charge in [0.15, 0.2) is 6.10 Å². The van der Waals surface area contributed by atoms with E-state index in [4.69, 9.17) is 27.9 Å². The Balaban J connectivity index is 1.89. The number of amides is 3. The normalized spacial score (nSPS) is 17.7. The SMILES string of the molecule is CN(C)C(=O)C1CN(C(=O)NCc2ccc(Cl)c(Cl)c2)CCO1. The maximum absolute atomic E-state index is 12.2. The fraction of sp³-hybridized carbons (Fsp3) is 0.467. The molecule has 3 amide bonds. The van der Waals surface area contributed by atoms with Gasteiger partial charge >= 0.3 is 6.03 Å². The molecule has 1 aromatic rings. The number of morpholine rings is 1. The molecule has 0 aliphatic carbocycles. The number of likely N-dealkylation sites (N-methyl/N-ethyl adjacent to an activating group) is 1. The molecular formula is C15H19Cl2N3O3. The molecule has 1 aromatic carbocycles. The molecule has 1 aliphatic rings. The van der Waals surface area contributed by atoms with Crippen LogP contribution in [0.5, 0.6) is 0 Å². The molecule has 8 heteroatoms. The molecule has 23 heavy (non-hydrogen) atoms. The first-order valence-corrected chi connectivity index (χ1v) is 7.93. The second-order valence-corrected chi connectivity index (χ2v) is 6.26. The number of hydrogen-bond acceptors (Lipinski definition) is 3. The van der Waals surface area contributed by atoms with E-state index >= 15 is 0 Å². The summed E-state index contributed by atoms with van der Waals surface area (Å²) in [5, 5.41) is 3.73. The fourth-order valence-corrected chi connectivity index (χ4v) is 2.53. The summed E-state index contributed by atoms with van der Waals surface area (Å²) < 4.78 is 5.43. The van der Waals surface area contributed by atoms with Crippen molar-refractivity contribution in [3.05, 3.63) is 33.8 Å². The fourth-order valence-electron chi connectivity index (χ4n) is 2.21. The van der Waals surface area contributed by atoms with Gasteiger partial charge in [0.25, 0.3) is 5.91 Å². The summed E-state index contributed by atoms with van der Waals surface area (Å²) in [6.45, 7) is 1.36. The van der Waals surface area contributed by atoms with Crippen LogP contribution in [-0.4, -0.2) is 61.6 Å². The third kappa shape index (κ3) is 4.73. The number of ether oxygens (including phenoxy) is 1. The van der Waals surface area contributed by atoms with Crippen LogP contribution in [-0.2, 0) is 16.1 Å². The van der Waals surface area contributed by atoms with E-state index in [0.29, 0.717) is 29.7 Å². The van der Waals surface area contributed by atoms with Crippen molar-refractivity contribution >= 4 is 35.1 Å². The second-order valence-electron chi connectivity index (χ2n) is 5.45. The van der Waals surface area contributed by atoms with Crippen molar-refractivity contribution in [3.63, 3.8) is 0 Å². The Kier molecular flexibility index (Phi) is 6.10. The zero-order valence-corrected chi connectivity index (χ0v) is 14.5. The lowest BCUT2D eigenvalue weighted by Crippen LogP contribution is -2.53. The maximum Gasteiger partial charge on any atom is 0.317 e. The van der Waals surface area contributed by atoms with Crippen molar-refractivity contribution in [1.29, 1.82) is 0 Å². The smallest absolute Gasteiger partial charge is 0.317 e. The predicted octanol–water partition coefficient (Wildman–Crippen LogP) is 1.99. The summed E-state index contributed by atoms with van der Waals surface area (Å²) in [7, 11) is 3.32. The molecule has 1 fully saturated rings. The van der Waals surface area contributed by atoms with Crippen molar-refractivity contribution in [1.82, 2.24) is 15.1 Å². The van der Waals surface area contributed by atoms with Gasteiger partial charge in [-0.05, 0) is 17.7 Å². The Morgan fingerprint density at radius 1 is 1.35 bits per heavy atom. The highest BCUT2D eigenvalue weighted by Crippen LogP contribution is 2.22. The highest BCUT2D eigenvalue weighted by Gasteiger charge is 2.30. The Labute approximate surface area is 145 Å². The Morgan fingerprint density at radius 3 is 2.74 bits per heavy atom. The number of carbonyl (C=O) groups is 2. The van der Waals surface area contributed by atoms with Crippen molar-refractivity contribution in [2.75, 3.05) is 33.8 Å². The molecule has 0 bridgehead atoms. The van der Waals surface area contributed by atoms with Gasteiger partial charge in [-0.25, -0.2) is 4.79 Å². The monoisotopic (exact) mass is 359 g/mol. The topological polar surface area (TPSA) is 61.9 Å². The highest BCUT2D eigenvalue weighted by atomic mass is 35.5. The van der Waals surface area contributed by atoms with Gasteiger partial charge in [-0.1, -0.05) is 29.3 Å². The molecule has 1 heterocycles. The van der Waals surface area contributed by atoms with Gasteiger partial charge in [0.2, 0.25) is 0 Å². The quantitative estimate of drug-likeness (QED) is 0.897. The number of nitrogens with zero attached hydrogens (tertiary/aromatic N) is 2. The number of urea groups is 1. The van der Waals surface area contributed by atoms with Gasteiger partial charge in [-0.15, -0.1) is 0 Å². The molecular weight excluding hydrogens is 341 g/mol. The van der Waals surface area contributed by atoms with E-state index in [2.05, 4.69) is 5.32 Å². The largest absolute Gasteiger partial charge is 0.365 e. The predicted molar refractivity (Wildman–Crippen MR) is 88.7 cm³/mol. The van der Waals surface area contributed by atoms with Crippen LogP contribution in [0.2, 0.25) is 10.0 Å². The Hall–Kier alpha value is -1.50. The van der Waals surface area contributed by atoms with Gasteiger partial charge < -0.3 is 19.9 Å². The molecule has 1 saturated heterocycles. The lowest BCUT2D eigenvalue weighted by Gasteiger charge is -2.33. The van der Waals surface area contributed by atoms with E-state index in [1.54, 1.807) is 37.2 Å². The van der Waals surface area contributed by atoms with Crippen LogP contribution >= 0.6 is 23.2 Å². The molecule has 126 valence electrons. The molecule has 0 saturated carbocycles. The minimum absolute atomic E-state index is 0.146. The van der Waals surface area contributed by atoms with E-state index < -0.39 is 6.10 Å². The van der Waals surface area contributed by atoms with Gasteiger partial charge in [0.05, 0.1) is 23.2 Å². The lowest BCUT2D eigenvalue weighted by molar-refractivity contribution is -0.145. The standard InChI is InChI=1S/C15H19Cl2N3O3/c1-19(2)14(21)13-9-20(5-6-23-13)15(22)18-8-10-3-4-11(16)12(17)7-10/h3-4,7,13H,5-6,8-9H2,1-2H3,(H,18,22). The van der Waals surface area contributed by atoms with Crippen molar-refractivity contribution in [2.24, 2.45) is 0 Å². The summed E-state index contributed by atoms with van der Waals surface area (Å²) in [5.74, 6) is -0.146. The van der Waals surface area contributed by atoms with E-state index in [1.807, 2.05) is 0 Å². The van der Waals surface area contributed by atoms with Gasteiger partial charge in [0, 0.05) is 27.2 Å². The summed E-state index contributed by atoms with van der Waals surface area (Å²) in [4.78, 5) is 27.2. The van der Waals surface area contributed by atoms with E-state index in [9.17, 15) is 9.59 Å². The third-order valence-corrected chi connectivity index (χ3v) is 4.24. The molecule has 1 aliphatic heterocycles. The van der Waals surface area contributed by atoms with Crippen LogP contribution in [0.25, 0.3) is 0 Å². The first-order chi connectivity index (χ1) is 10.9.